The van der Waals surface area contributed by atoms with Crippen LogP contribution in [0.3, 0.4) is 0 Å². The van der Waals surface area contributed by atoms with E-state index in [1.807, 2.05) is 13.0 Å². The highest BCUT2D eigenvalue weighted by atomic mass is 35.5. The molecule has 3 rings (SSSR count). The van der Waals surface area contributed by atoms with Gasteiger partial charge < -0.3 is 4.90 Å². The molecular formula is C18H21ClN2O3S2. The molecule has 26 heavy (non-hydrogen) atoms. The van der Waals surface area contributed by atoms with Gasteiger partial charge in [0.15, 0.2) is 0 Å². The maximum atomic E-state index is 12.7. The first-order valence-corrected chi connectivity index (χ1v) is 11.1. The smallest absolute Gasteiger partial charge is 0.264 e. The Balaban J connectivity index is 1.69. The maximum absolute atomic E-state index is 12.7. The van der Waals surface area contributed by atoms with Crippen LogP contribution in [0.25, 0.3) is 0 Å². The molecular weight excluding hydrogens is 392 g/mol. The Labute approximate surface area is 163 Å². The number of sulfonamides is 1. The topological polar surface area (TPSA) is 57.7 Å². The summed E-state index contributed by atoms with van der Waals surface area (Å²) in [5, 5.41) is 0.389. The van der Waals surface area contributed by atoms with Gasteiger partial charge in [0.1, 0.15) is 0 Å². The highest BCUT2D eigenvalue weighted by Gasteiger charge is 2.31. The number of carbonyl (C=O) groups is 1. The molecule has 0 saturated carbocycles. The number of aryl methyl sites for hydroxylation is 2. The van der Waals surface area contributed by atoms with Gasteiger partial charge in [-0.05, 0) is 43.2 Å². The van der Waals surface area contributed by atoms with Crippen LogP contribution in [0.5, 0.6) is 0 Å². The second kappa shape index (κ2) is 7.68. The molecule has 2 heterocycles. The molecule has 1 aliphatic heterocycles. The van der Waals surface area contributed by atoms with E-state index < -0.39 is 10.0 Å². The summed E-state index contributed by atoms with van der Waals surface area (Å²) in [7, 11) is -3.59. The molecule has 1 aromatic carbocycles. The third-order valence-electron chi connectivity index (χ3n) is 4.57. The SMILES string of the molecule is CCc1cc(C(=O)N2CCN(S(=O)(=O)c3cccc(Cl)c3)CC2)sc1C. The number of hydrogen-bond donors (Lipinski definition) is 0. The fraction of sp³-hybridized carbons (Fsp3) is 0.389. The summed E-state index contributed by atoms with van der Waals surface area (Å²) in [6.45, 7) is 5.43. The molecule has 0 spiro atoms. The van der Waals surface area contributed by atoms with Crippen molar-refractivity contribution in [2.75, 3.05) is 26.2 Å². The fourth-order valence-corrected chi connectivity index (χ4v) is 5.85. The lowest BCUT2D eigenvalue weighted by Gasteiger charge is -2.33. The Morgan fingerprint density at radius 3 is 2.46 bits per heavy atom. The Morgan fingerprint density at radius 2 is 1.88 bits per heavy atom. The highest BCUT2D eigenvalue weighted by molar-refractivity contribution is 7.89. The van der Waals surface area contributed by atoms with Crippen LogP contribution < -0.4 is 0 Å². The first-order valence-electron chi connectivity index (χ1n) is 8.47. The van der Waals surface area contributed by atoms with E-state index >= 15 is 0 Å². The third-order valence-corrected chi connectivity index (χ3v) is 7.78. The van der Waals surface area contributed by atoms with Crippen molar-refractivity contribution in [2.24, 2.45) is 0 Å². The van der Waals surface area contributed by atoms with E-state index in [0.717, 1.165) is 16.2 Å². The van der Waals surface area contributed by atoms with Gasteiger partial charge in [0.25, 0.3) is 5.91 Å². The normalized spacial score (nSPS) is 16.0. The van der Waals surface area contributed by atoms with Gasteiger partial charge in [0.05, 0.1) is 9.77 Å². The molecule has 5 nitrogen and oxygen atoms in total. The Morgan fingerprint density at radius 1 is 1.19 bits per heavy atom. The summed E-state index contributed by atoms with van der Waals surface area (Å²) >= 11 is 7.42. The Bertz CT molecular complexity index is 916. The Kier molecular flexibility index (Phi) is 5.72. The molecule has 0 unspecified atom stereocenters. The van der Waals surface area contributed by atoms with E-state index in [2.05, 4.69) is 6.92 Å². The van der Waals surface area contributed by atoms with Crippen molar-refractivity contribution >= 4 is 38.9 Å². The van der Waals surface area contributed by atoms with Gasteiger partial charge >= 0.3 is 0 Å². The number of piperazine rings is 1. The van der Waals surface area contributed by atoms with Gasteiger partial charge in [-0.1, -0.05) is 24.6 Å². The molecule has 1 aliphatic rings. The summed E-state index contributed by atoms with van der Waals surface area (Å²) in [6.07, 6.45) is 0.904. The minimum atomic E-state index is -3.59. The summed E-state index contributed by atoms with van der Waals surface area (Å²) in [6, 6.07) is 8.22. The van der Waals surface area contributed by atoms with Crippen LogP contribution in [0.2, 0.25) is 5.02 Å². The molecule has 2 aromatic rings. The van der Waals surface area contributed by atoms with Gasteiger partial charge in [0.2, 0.25) is 10.0 Å². The summed E-state index contributed by atoms with van der Waals surface area (Å²) in [4.78, 5) is 16.5. The van der Waals surface area contributed by atoms with E-state index in [9.17, 15) is 13.2 Å². The van der Waals surface area contributed by atoms with Crippen molar-refractivity contribution in [1.82, 2.24) is 9.21 Å². The monoisotopic (exact) mass is 412 g/mol. The van der Waals surface area contributed by atoms with Gasteiger partial charge in [-0.25, -0.2) is 8.42 Å². The van der Waals surface area contributed by atoms with Gasteiger partial charge in [-0.15, -0.1) is 11.3 Å². The lowest BCUT2D eigenvalue weighted by Crippen LogP contribution is -2.50. The maximum Gasteiger partial charge on any atom is 0.264 e. The number of carbonyl (C=O) groups excluding carboxylic acids is 1. The molecule has 1 aromatic heterocycles. The molecule has 0 bridgehead atoms. The number of benzene rings is 1. The molecule has 0 aliphatic carbocycles. The standard InChI is InChI=1S/C18H21ClN2O3S2/c1-3-14-11-17(25-13(14)2)18(22)20-7-9-21(10-8-20)26(23,24)16-6-4-5-15(19)12-16/h4-6,11-12H,3,7-10H2,1-2H3. The van der Waals surface area contributed by atoms with Crippen LogP contribution >= 0.6 is 22.9 Å². The van der Waals surface area contributed by atoms with Crippen LogP contribution in [0, 0.1) is 6.92 Å². The molecule has 1 fully saturated rings. The van der Waals surface area contributed by atoms with E-state index in [1.54, 1.807) is 23.1 Å². The van der Waals surface area contributed by atoms with E-state index in [4.69, 9.17) is 11.6 Å². The van der Waals surface area contributed by atoms with Crippen LogP contribution in [0.15, 0.2) is 35.2 Å². The zero-order valence-corrected chi connectivity index (χ0v) is 17.1. The predicted octanol–water partition coefficient (Wildman–Crippen LogP) is 3.42. The predicted molar refractivity (Wildman–Crippen MR) is 105 cm³/mol. The summed E-state index contributed by atoms with van der Waals surface area (Å²) < 4.78 is 26.9. The second-order valence-corrected chi connectivity index (χ2v) is 9.83. The molecule has 0 radical (unpaired) electrons. The zero-order valence-electron chi connectivity index (χ0n) is 14.7. The van der Waals surface area contributed by atoms with Crippen LogP contribution in [-0.2, 0) is 16.4 Å². The fourth-order valence-electron chi connectivity index (χ4n) is 3.04. The lowest BCUT2D eigenvalue weighted by molar-refractivity contribution is 0.0702. The van der Waals surface area contributed by atoms with E-state index in [-0.39, 0.29) is 23.9 Å². The average Bonchev–Trinajstić information content (AvgIpc) is 3.02. The van der Waals surface area contributed by atoms with Crippen molar-refractivity contribution in [3.8, 4) is 0 Å². The van der Waals surface area contributed by atoms with Crippen LogP contribution in [0.1, 0.15) is 27.0 Å². The largest absolute Gasteiger partial charge is 0.335 e. The number of hydrogen-bond acceptors (Lipinski definition) is 4. The minimum absolute atomic E-state index is 0.0161. The summed E-state index contributed by atoms with van der Waals surface area (Å²) in [5.74, 6) is -0.0161. The Hall–Kier alpha value is -1.41. The third kappa shape index (κ3) is 3.81. The molecule has 1 amide bonds. The lowest BCUT2D eigenvalue weighted by atomic mass is 10.2. The molecule has 0 atom stereocenters. The van der Waals surface area contributed by atoms with Crippen molar-refractivity contribution < 1.29 is 13.2 Å². The van der Waals surface area contributed by atoms with Gasteiger partial charge in [-0.2, -0.15) is 4.31 Å². The van der Waals surface area contributed by atoms with Crippen LogP contribution in [0.4, 0.5) is 0 Å². The molecule has 140 valence electrons. The van der Waals surface area contributed by atoms with Gasteiger partial charge in [0, 0.05) is 36.1 Å². The van der Waals surface area contributed by atoms with Crippen molar-refractivity contribution in [2.45, 2.75) is 25.2 Å². The van der Waals surface area contributed by atoms with Crippen LogP contribution in [-0.4, -0.2) is 49.7 Å². The molecule has 0 N–H and O–H groups in total. The number of amides is 1. The quantitative estimate of drug-likeness (QED) is 0.773. The van der Waals surface area contributed by atoms with Crippen molar-refractivity contribution in [3.63, 3.8) is 0 Å². The van der Waals surface area contributed by atoms with E-state index in [0.29, 0.717) is 18.1 Å². The minimum Gasteiger partial charge on any atom is -0.335 e. The number of thiophene rings is 1. The highest BCUT2D eigenvalue weighted by Crippen LogP contribution is 2.25. The molecule has 1 saturated heterocycles. The van der Waals surface area contributed by atoms with Gasteiger partial charge in [-0.3, -0.25) is 4.79 Å². The average molecular weight is 413 g/mol. The zero-order chi connectivity index (χ0) is 18.9. The van der Waals surface area contributed by atoms with Crippen molar-refractivity contribution in [3.05, 3.63) is 50.7 Å². The first kappa shape index (κ1) is 19.4. The molecule has 8 heteroatoms. The first-order chi connectivity index (χ1) is 12.3. The van der Waals surface area contributed by atoms with Crippen molar-refractivity contribution in [1.29, 1.82) is 0 Å². The number of rotatable bonds is 4. The second-order valence-electron chi connectivity index (χ2n) is 6.20. The number of halogens is 1. The summed E-state index contributed by atoms with van der Waals surface area (Å²) in [5.41, 5.74) is 1.19. The van der Waals surface area contributed by atoms with E-state index in [1.165, 1.54) is 27.3 Å². The number of nitrogens with zero attached hydrogens (tertiary/aromatic N) is 2.